The summed E-state index contributed by atoms with van der Waals surface area (Å²) in [5.74, 6) is -0.867. The molecule has 20 heavy (non-hydrogen) atoms. The molecule has 1 aromatic rings. The largest absolute Gasteiger partial charge is 0.497 e. The van der Waals surface area contributed by atoms with Gasteiger partial charge < -0.3 is 14.8 Å². The van der Waals surface area contributed by atoms with Crippen LogP contribution in [0.4, 0.5) is 4.79 Å². The number of hydrogen-bond donors (Lipinski definition) is 2. The summed E-state index contributed by atoms with van der Waals surface area (Å²) in [6.45, 7) is 1.57. The molecule has 0 radical (unpaired) electrons. The topological polar surface area (TPSA) is 93.7 Å². The molecule has 0 atom stereocenters. The van der Waals surface area contributed by atoms with Crippen molar-refractivity contribution in [3.63, 3.8) is 0 Å². The maximum absolute atomic E-state index is 11.7. The van der Waals surface area contributed by atoms with Gasteiger partial charge in [0.1, 0.15) is 5.75 Å². The van der Waals surface area contributed by atoms with Crippen LogP contribution in [0.25, 0.3) is 0 Å². The molecule has 0 aliphatic heterocycles. The molecule has 7 heteroatoms. The van der Waals surface area contributed by atoms with Crippen molar-refractivity contribution >= 4 is 17.9 Å². The quantitative estimate of drug-likeness (QED) is 0.774. The second kappa shape index (κ2) is 7.78. The third kappa shape index (κ3) is 4.97. The molecule has 7 nitrogen and oxygen atoms in total. The number of benzene rings is 1. The highest BCUT2D eigenvalue weighted by molar-refractivity contribution is 5.97. The van der Waals surface area contributed by atoms with E-state index >= 15 is 0 Å². The first kappa shape index (κ1) is 15.5. The maximum Gasteiger partial charge on any atom is 0.338 e. The average molecular weight is 280 g/mol. The Bertz CT molecular complexity index is 501. The molecule has 0 spiro atoms. The van der Waals surface area contributed by atoms with E-state index in [4.69, 9.17) is 9.47 Å². The monoisotopic (exact) mass is 280 g/mol. The molecule has 1 aromatic carbocycles. The second-order valence-electron chi connectivity index (χ2n) is 3.72. The fraction of sp³-hybridized carbons (Fsp3) is 0.308. The number of carbonyl (C=O) groups is 3. The lowest BCUT2D eigenvalue weighted by molar-refractivity contribution is -0.123. The van der Waals surface area contributed by atoms with Crippen molar-refractivity contribution in [2.75, 3.05) is 20.3 Å². The van der Waals surface area contributed by atoms with Crippen LogP contribution in [0.15, 0.2) is 24.3 Å². The smallest absolute Gasteiger partial charge is 0.338 e. The average Bonchev–Trinajstić information content (AvgIpc) is 2.45. The summed E-state index contributed by atoms with van der Waals surface area (Å²) in [5.41, 5.74) is 0.259. The summed E-state index contributed by atoms with van der Waals surface area (Å²) in [5, 5.41) is 4.40. The Morgan fingerprint density at radius 2 is 2.00 bits per heavy atom. The van der Waals surface area contributed by atoms with Gasteiger partial charge in [0.25, 0.3) is 5.91 Å². The number of hydrogen-bond acceptors (Lipinski definition) is 5. The molecule has 3 amide bonds. The minimum Gasteiger partial charge on any atom is -0.497 e. The van der Waals surface area contributed by atoms with Crippen LogP contribution < -0.4 is 15.4 Å². The van der Waals surface area contributed by atoms with E-state index < -0.39 is 24.5 Å². The van der Waals surface area contributed by atoms with Gasteiger partial charge in [-0.2, -0.15) is 0 Å². The molecule has 2 N–H and O–H groups in total. The predicted octanol–water partition coefficient (Wildman–Crippen LogP) is 0.698. The molecular formula is C13H16N2O5. The minimum absolute atomic E-state index is 0.259. The van der Waals surface area contributed by atoms with Gasteiger partial charge in [0.15, 0.2) is 6.61 Å². The van der Waals surface area contributed by atoms with Crippen LogP contribution >= 0.6 is 0 Å². The normalized spacial score (nSPS) is 9.50. The Kier molecular flexibility index (Phi) is 6.02. The van der Waals surface area contributed by atoms with Crippen molar-refractivity contribution in [2.45, 2.75) is 6.92 Å². The molecule has 0 heterocycles. The summed E-state index contributed by atoms with van der Waals surface area (Å²) in [6.07, 6.45) is 0. The van der Waals surface area contributed by atoms with E-state index in [0.29, 0.717) is 12.3 Å². The second-order valence-corrected chi connectivity index (χ2v) is 3.72. The molecule has 0 saturated carbocycles. The first-order valence-corrected chi connectivity index (χ1v) is 5.95. The number of esters is 1. The SMILES string of the molecule is CCNC(=O)NC(=O)COC(=O)c1cccc(OC)c1. The third-order valence-corrected chi connectivity index (χ3v) is 2.23. The van der Waals surface area contributed by atoms with E-state index in [-0.39, 0.29) is 5.56 Å². The maximum atomic E-state index is 11.7. The Balaban J connectivity index is 2.46. The summed E-state index contributed by atoms with van der Waals surface area (Å²) >= 11 is 0. The highest BCUT2D eigenvalue weighted by atomic mass is 16.5. The van der Waals surface area contributed by atoms with E-state index in [9.17, 15) is 14.4 Å². The van der Waals surface area contributed by atoms with Gasteiger partial charge >= 0.3 is 12.0 Å². The molecule has 0 unspecified atom stereocenters. The first-order valence-electron chi connectivity index (χ1n) is 5.95. The number of imide groups is 1. The summed E-state index contributed by atoms with van der Waals surface area (Å²) in [7, 11) is 1.48. The van der Waals surface area contributed by atoms with Gasteiger partial charge in [0.2, 0.25) is 0 Å². The Morgan fingerprint density at radius 3 is 2.65 bits per heavy atom. The van der Waals surface area contributed by atoms with Crippen LogP contribution in [0.2, 0.25) is 0 Å². The standard InChI is InChI=1S/C13H16N2O5/c1-3-14-13(18)15-11(16)8-20-12(17)9-5-4-6-10(7-9)19-2/h4-7H,3,8H2,1-2H3,(H2,14,15,16,18). The Hall–Kier alpha value is -2.57. The van der Waals surface area contributed by atoms with Crippen LogP contribution in [0.1, 0.15) is 17.3 Å². The van der Waals surface area contributed by atoms with E-state index in [1.54, 1.807) is 19.1 Å². The fourth-order valence-electron chi connectivity index (χ4n) is 1.33. The Labute approximate surface area is 116 Å². The van der Waals surface area contributed by atoms with E-state index in [1.807, 2.05) is 5.32 Å². The van der Waals surface area contributed by atoms with Crippen molar-refractivity contribution in [3.8, 4) is 5.75 Å². The molecule has 0 aliphatic rings. The minimum atomic E-state index is -0.702. The highest BCUT2D eigenvalue weighted by Crippen LogP contribution is 2.13. The predicted molar refractivity (Wildman–Crippen MR) is 70.5 cm³/mol. The van der Waals surface area contributed by atoms with Crippen molar-refractivity contribution in [1.29, 1.82) is 0 Å². The molecule has 0 saturated heterocycles. The van der Waals surface area contributed by atoms with Crippen molar-refractivity contribution in [3.05, 3.63) is 29.8 Å². The molecular weight excluding hydrogens is 264 g/mol. The van der Waals surface area contributed by atoms with Gasteiger partial charge in [-0.05, 0) is 25.1 Å². The van der Waals surface area contributed by atoms with E-state index in [0.717, 1.165) is 0 Å². The van der Waals surface area contributed by atoms with Crippen LogP contribution in [-0.4, -0.2) is 38.2 Å². The first-order chi connectivity index (χ1) is 9.56. The van der Waals surface area contributed by atoms with Crippen molar-refractivity contribution in [1.82, 2.24) is 10.6 Å². The zero-order valence-corrected chi connectivity index (χ0v) is 11.3. The lowest BCUT2D eigenvalue weighted by atomic mass is 10.2. The molecule has 0 bridgehead atoms. The van der Waals surface area contributed by atoms with Gasteiger partial charge in [-0.15, -0.1) is 0 Å². The van der Waals surface area contributed by atoms with Crippen LogP contribution in [0.5, 0.6) is 5.75 Å². The fourth-order valence-corrected chi connectivity index (χ4v) is 1.33. The van der Waals surface area contributed by atoms with Gasteiger partial charge in [0, 0.05) is 6.54 Å². The zero-order chi connectivity index (χ0) is 15.0. The number of carbonyl (C=O) groups excluding carboxylic acids is 3. The number of methoxy groups -OCH3 is 1. The van der Waals surface area contributed by atoms with Gasteiger partial charge in [0.05, 0.1) is 12.7 Å². The summed E-state index contributed by atoms with van der Waals surface area (Å²) in [4.78, 5) is 34.0. The number of rotatable bonds is 5. The third-order valence-electron chi connectivity index (χ3n) is 2.23. The lowest BCUT2D eigenvalue weighted by Crippen LogP contribution is -2.41. The number of ether oxygens (including phenoxy) is 2. The van der Waals surface area contributed by atoms with Gasteiger partial charge in [-0.1, -0.05) is 6.07 Å². The molecule has 108 valence electrons. The molecule has 0 fully saturated rings. The molecule has 0 aromatic heterocycles. The van der Waals surface area contributed by atoms with Gasteiger partial charge in [-0.3, -0.25) is 10.1 Å². The number of nitrogens with one attached hydrogen (secondary N) is 2. The lowest BCUT2D eigenvalue weighted by Gasteiger charge is -2.07. The summed E-state index contributed by atoms with van der Waals surface area (Å²) in [6, 6.07) is 5.70. The summed E-state index contributed by atoms with van der Waals surface area (Å²) < 4.78 is 9.75. The molecule has 0 aliphatic carbocycles. The van der Waals surface area contributed by atoms with Gasteiger partial charge in [-0.25, -0.2) is 9.59 Å². The van der Waals surface area contributed by atoms with Crippen molar-refractivity contribution < 1.29 is 23.9 Å². The van der Waals surface area contributed by atoms with E-state index in [2.05, 4.69) is 5.32 Å². The Morgan fingerprint density at radius 1 is 1.25 bits per heavy atom. The van der Waals surface area contributed by atoms with Crippen LogP contribution in [-0.2, 0) is 9.53 Å². The van der Waals surface area contributed by atoms with Crippen LogP contribution in [0.3, 0.4) is 0 Å². The molecule has 1 rings (SSSR count). The highest BCUT2D eigenvalue weighted by Gasteiger charge is 2.12. The zero-order valence-electron chi connectivity index (χ0n) is 11.3. The van der Waals surface area contributed by atoms with E-state index in [1.165, 1.54) is 19.2 Å². The number of amides is 3. The van der Waals surface area contributed by atoms with Crippen LogP contribution in [0, 0.1) is 0 Å². The van der Waals surface area contributed by atoms with Crippen molar-refractivity contribution in [2.24, 2.45) is 0 Å². The number of urea groups is 1.